The van der Waals surface area contributed by atoms with E-state index in [1.807, 2.05) is 24.3 Å². The average Bonchev–Trinajstić information content (AvgIpc) is 2.92. The van der Waals surface area contributed by atoms with Crippen LogP contribution in [0.1, 0.15) is 0 Å². The van der Waals surface area contributed by atoms with Crippen molar-refractivity contribution < 1.29 is 14.9 Å². The molecule has 96 valence electrons. The highest BCUT2D eigenvalue weighted by Crippen LogP contribution is 2.31. The summed E-state index contributed by atoms with van der Waals surface area (Å²) >= 11 is 3.20. The van der Waals surface area contributed by atoms with E-state index in [0.717, 1.165) is 14.6 Å². The summed E-state index contributed by atoms with van der Waals surface area (Å²) in [6, 6.07) is 7.99. The highest BCUT2D eigenvalue weighted by Gasteiger charge is 2.34. The number of fused-ring (bicyclic) bond motifs is 1. The number of rotatable bonds is 3. The van der Waals surface area contributed by atoms with E-state index >= 15 is 0 Å². The Bertz CT molecular complexity index is 512. The Morgan fingerprint density at radius 3 is 2.94 bits per heavy atom. The quantitative estimate of drug-likeness (QED) is 0.836. The third-order valence-corrected chi connectivity index (χ3v) is 5.17. The van der Waals surface area contributed by atoms with Crippen molar-refractivity contribution in [2.45, 2.75) is 22.7 Å². The highest BCUT2D eigenvalue weighted by atomic mass is 32.2. The van der Waals surface area contributed by atoms with Crippen molar-refractivity contribution >= 4 is 33.3 Å². The second-order valence-electron chi connectivity index (χ2n) is 4.19. The Morgan fingerprint density at radius 1 is 1.39 bits per heavy atom. The molecule has 1 aliphatic rings. The zero-order valence-electron chi connectivity index (χ0n) is 9.52. The van der Waals surface area contributed by atoms with Crippen LogP contribution in [-0.4, -0.2) is 45.9 Å². The minimum absolute atomic E-state index is 0.215. The maximum absolute atomic E-state index is 9.67. The lowest BCUT2D eigenvalue weighted by atomic mass is 10.2. The third kappa shape index (κ3) is 2.39. The summed E-state index contributed by atoms with van der Waals surface area (Å²) < 4.78 is 7.46. The van der Waals surface area contributed by atoms with E-state index in [9.17, 15) is 10.2 Å². The third-order valence-electron chi connectivity index (χ3n) is 2.90. The Hall–Kier alpha value is -0.660. The number of aromatic nitrogens is 1. The van der Waals surface area contributed by atoms with Gasteiger partial charge in [0.2, 0.25) is 0 Å². The molecule has 2 heterocycles. The van der Waals surface area contributed by atoms with Crippen LogP contribution in [0.3, 0.4) is 0 Å². The fourth-order valence-electron chi connectivity index (χ4n) is 1.88. The zero-order valence-corrected chi connectivity index (χ0v) is 11.2. The number of nitrogens with zero attached hydrogens (tertiary/aromatic N) is 1. The van der Waals surface area contributed by atoms with Crippen LogP contribution in [0.25, 0.3) is 10.2 Å². The fourth-order valence-corrected chi connectivity index (χ4v) is 4.05. The summed E-state index contributed by atoms with van der Waals surface area (Å²) in [6.07, 6.45) is -1.85. The Morgan fingerprint density at radius 2 is 2.22 bits per heavy atom. The number of thiazole rings is 1. The van der Waals surface area contributed by atoms with E-state index in [1.54, 1.807) is 23.1 Å². The van der Waals surface area contributed by atoms with Gasteiger partial charge in [-0.15, -0.1) is 11.3 Å². The van der Waals surface area contributed by atoms with Gasteiger partial charge in [0, 0.05) is 5.75 Å². The van der Waals surface area contributed by atoms with Crippen molar-refractivity contribution in [1.82, 2.24) is 4.98 Å². The number of aliphatic hydroxyl groups excluding tert-OH is 2. The van der Waals surface area contributed by atoms with Crippen LogP contribution in [0.4, 0.5) is 0 Å². The summed E-state index contributed by atoms with van der Waals surface area (Å²) in [7, 11) is 0. The number of ether oxygens (including phenoxy) is 1. The molecule has 1 saturated heterocycles. The molecule has 0 radical (unpaired) electrons. The van der Waals surface area contributed by atoms with Crippen LogP contribution >= 0.6 is 23.1 Å². The lowest BCUT2D eigenvalue weighted by molar-refractivity contribution is 0.0337. The molecule has 0 bridgehead atoms. The summed E-state index contributed by atoms with van der Waals surface area (Å²) in [4.78, 5) is 4.50. The van der Waals surface area contributed by atoms with E-state index in [2.05, 4.69) is 4.98 Å². The molecule has 18 heavy (non-hydrogen) atoms. The van der Waals surface area contributed by atoms with Crippen LogP contribution in [0.15, 0.2) is 28.6 Å². The van der Waals surface area contributed by atoms with Crippen molar-refractivity contribution in [2.75, 3.05) is 12.4 Å². The van der Waals surface area contributed by atoms with Crippen LogP contribution < -0.4 is 0 Å². The first-order valence-electron chi connectivity index (χ1n) is 5.70. The van der Waals surface area contributed by atoms with Gasteiger partial charge in [0.1, 0.15) is 12.2 Å². The number of thioether (sulfide) groups is 1. The first-order valence-corrected chi connectivity index (χ1v) is 7.50. The molecule has 0 spiro atoms. The number of para-hydroxylation sites is 1. The first-order chi connectivity index (χ1) is 8.74. The SMILES string of the molecule is OC1COC(CSc2nc3ccccc3s2)C1O. The van der Waals surface area contributed by atoms with Gasteiger partial charge in [-0.2, -0.15) is 0 Å². The van der Waals surface area contributed by atoms with Gasteiger partial charge < -0.3 is 14.9 Å². The molecule has 1 aliphatic heterocycles. The normalized spacial score (nSPS) is 28.0. The van der Waals surface area contributed by atoms with E-state index in [0.29, 0.717) is 5.75 Å². The molecule has 1 aromatic heterocycles. The van der Waals surface area contributed by atoms with Crippen molar-refractivity contribution in [3.05, 3.63) is 24.3 Å². The molecule has 4 nitrogen and oxygen atoms in total. The summed E-state index contributed by atoms with van der Waals surface area (Å²) in [5.41, 5.74) is 0.998. The molecule has 0 saturated carbocycles. The highest BCUT2D eigenvalue weighted by molar-refractivity contribution is 8.01. The first kappa shape index (κ1) is 12.4. The van der Waals surface area contributed by atoms with Crippen LogP contribution in [0, 0.1) is 0 Å². The smallest absolute Gasteiger partial charge is 0.151 e. The summed E-state index contributed by atoms with van der Waals surface area (Å²) in [5.74, 6) is 0.609. The molecule has 0 aliphatic carbocycles. The van der Waals surface area contributed by atoms with Crippen molar-refractivity contribution in [3.63, 3.8) is 0 Å². The van der Waals surface area contributed by atoms with Crippen LogP contribution in [0.5, 0.6) is 0 Å². The Balaban J connectivity index is 1.66. The molecule has 2 aromatic rings. The number of hydrogen-bond acceptors (Lipinski definition) is 6. The van der Waals surface area contributed by atoms with Crippen LogP contribution in [-0.2, 0) is 4.74 Å². The van der Waals surface area contributed by atoms with Gasteiger partial charge in [-0.3, -0.25) is 0 Å². The van der Waals surface area contributed by atoms with Gasteiger partial charge in [0.25, 0.3) is 0 Å². The summed E-state index contributed by atoms with van der Waals surface area (Å²) in [6.45, 7) is 0.215. The zero-order chi connectivity index (χ0) is 12.5. The number of benzene rings is 1. The van der Waals surface area contributed by atoms with Crippen molar-refractivity contribution in [1.29, 1.82) is 0 Å². The standard InChI is InChI=1S/C12H13NO3S2/c14-8-5-16-9(11(8)15)6-17-12-13-7-3-1-2-4-10(7)18-12/h1-4,8-9,11,14-15H,5-6H2. The van der Waals surface area contributed by atoms with Gasteiger partial charge in [-0.1, -0.05) is 23.9 Å². The molecule has 0 amide bonds. The van der Waals surface area contributed by atoms with E-state index < -0.39 is 12.2 Å². The summed E-state index contributed by atoms with van der Waals surface area (Å²) in [5, 5.41) is 19.1. The molecule has 2 N–H and O–H groups in total. The largest absolute Gasteiger partial charge is 0.388 e. The van der Waals surface area contributed by atoms with Crippen molar-refractivity contribution in [3.8, 4) is 0 Å². The van der Waals surface area contributed by atoms with Gasteiger partial charge >= 0.3 is 0 Å². The number of hydrogen-bond donors (Lipinski definition) is 2. The van der Waals surface area contributed by atoms with Crippen molar-refractivity contribution in [2.24, 2.45) is 0 Å². The second-order valence-corrected chi connectivity index (χ2v) is 6.49. The average molecular weight is 283 g/mol. The molecule has 3 rings (SSSR count). The molecule has 3 unspecified atom stereocenters. The lowest BCUT2D eigenvalue weighted by Crippen LogP contribution is -2.31. The van der Waals surface area contributed by atoms with Gasteiger partial charge in [0.15, 0.2) is 4.34 Å². The van der Waals surface area contributed by atoms with E-state index in [4.69, 9.17) is 4.74 Å². The molecule has 6 heteroatoms. The minimum atomic E-state index is -0.785. The number of aliphatic hydroxyl groups is 2. The molecule has 1 aromatic carbocycles. The van der Waals surface area contributed by atoms with Gasteiger partial charge in [-0.25, -0.2) is 4.98 Å². The Labute approximate surface area is 113 Å². The molecule has 3 atom stereocenters. The molecular formula is C12H13NO3S2. The predicted molar refractivity (Wildman–Crippen MR) is 72.1 cm³/mol. The lowest BCUT2D eigenvalue weighted by Gasteiger charge is -2.12. The Kier molecular flexibility index (Phi) is 3.54. The molecule has 1 fully saturated rings. The fraction of sp³-hybridized carbons (Fsp3) is 0.417. The maximum atomic E-state index is 9.67. The van der Waals surface area contributed by atoms with E-state index in [1.165, 1.54) is 0 Å². The van der Waals surface area contributed by atoms with Gasteiger partial charge in [-0.05, 0) is 12.1 Å². The monoisotopic (exact) mass is 283 g/mol. The second kappa shape index (κ2) is 5.14. The van der Waals surface area contributed by atoms with Gasteiger partial charge in [0.05, 0.1) is 22.9 Å². The maximum Gasteiger partial charge on any atom is 0.151 e. The topological polar surface area (TPSA) is 62.6 Å². The molecular weight excluding hydrogens is 270 g/mol. The van der Waals surface area contributed by atoms with E-state index in [-0.39, 0.29) is 12.7 Å². The predicted octanol–water partition coefficient (Wildman–Crippen LogP) is 1.51. The van der Waals surface area contributed by atoms with Crippen LogP contribution in [0.2, 0.25) is 0 Å². The minimum Gasteiger partial charge on any atom is -0.388 e.